The van der Waals surface area contributed by atoms with Gasteiger partial charge in [-0.15, -0.1) is 0 Å². The number of phenolic OH excluding ortho intramolecular Hbond substituents is 2. The van der Waals surface area contributed by atoms with Crippen molar-refractivity contribution in [3.05, 3.63) is 58.0 Å². The highest BCUT2D eigenvalue weighted by atomic mass is 16.3. The molecule has 1 fully saturated rings. The maximum Gasteiger partial charge on any atom is 0.348 e. The highest BCUT2D eigenvalue weighted by Crippen LogP contribution is 2.37. The zero-order valence-electron chi connectivity index (χ0n) is 18.2. The van der Waals surface area contributed by atoms with Crippen molar-refractivity contribution in [2.24, 2.45) is 0 Å². The Morgan fingerprint density at radius 3 is 2.38 bits per heavy atom. The SMILES string of the molecule is CC(C)c1cc(-c2n[nH]c(=O)n2-c2ccc(CN3CCN(C=O)CC3)cc2)c(O)cc1O. The highest BCUT2D eigenvalue weighted by molar-refractivity contribution is 5.69. The van der Waals surface area contributed by atoms with E-state index in [1.807, 2.05) is 38.1 Å². The maximum absolute atomic E-state index is 12.5. The number of nitrogens with zero attached hydrogens (tertiary/aromatic N) is 4. The lowest BCUT2D eigenvalue weighted by Crippen LogP contribution is -2.45. The zero-order valence-corrected chi connectivity index (χ0v) is 18.2. The predicted molar refractivity (Wildman–Crippen MR) is 120 cm³/mol. The van der Waals surface area contributed by atoms with Gasteiger partial charge in [0.05, 0.1) is 11.3 Å². The monoisotopic (exact) mass is 437 g/mol. The second-order valence-corrected chi connectivity index (χ2v) is 8.35. The normalized spacial score (nSPS) is 14.8. The Morgan fingerprint density at radius 1 is 1.06 bits per heavy atom. The summed E-state index contributed by atoms with van der Waals surface area (Å²) in [6.45, 7) is 7.73. The smallest absolute Gasteiger partial charge is 0.348 e. The number of benzene rings is 2. The Morgan fingerprint density at radius 2 is 1.75 bits per heavy atom. The van der Waals surface area contributed by atoms with Gasteiger partial charge in [0.25, 0.3) is 0 Å². The molecule has 0 radical (unpaired) electrons. The molecule has 3 N–H and O–H groups in total. The van der Waals surface area contributed by atoms with E-state index in [9.17, 15) is 19.8 Å². The molecule has 0 atom stereocenters. The van der Waals surface area contributed by atoms with Crippen molar-refractivity contribution in [1.29, 1.82) is 0 Å². The number of aromatic hydroxyl groups is 2. The van der Waals surface area contributed by atoms with Crippen LogP contribution >= 0.6 is 0 Å². The minimum absolute atomic E-state index is 0.00371. The van der Waals surface area contributed by atoms with E-state index in [4.69, 9.17) is 0 Å². The van der Waals surface area contributed by atoms with Crippen LogP contribution in [-0.4, -0.2) is 67.4 Å². The molecule has 0 aliphatic carbocycles. The van der Waals surface area contributed by atoms with Crippen LogP contribution in [-0.2, 0) is 11.3 Å². The van der Waals surface area contributed by atoms with E-state index < -0.39 is 5.69 Å². The van der Waals surface area contributed by atoms with Crippen LogP contribution in [0.25, 0.3) is 17.1 Å². The van der Waals surface area contributed by atoms with Gasteiger partial charge in [-0.05, 0) is 35.2 Å². The van der Waals surface area contributed by atoms with Crippen molar-refractivity contribution in [3.8, 4) is 28.6 Å². The molecule has 2 heterocycles. The lowest BCUT2D eigenvalue weighted by Gasteiger charge is -2.32. The summed E-state index contributed by atoms with van der Waals surface area (Å²) in [5, 5.41) is 27.2. The molecule has 4 rings (SSSR count). The molecular weight excluding hydrogens is 410 g/mol. The topological polar surface area (TPSA) is 115 Å². The first-order chi connectivity index (χ1) is 15.4. The van der Waals surface area contributed by atoms with Crippen molar-refractivity contribution < 1.29 is 15.0 Å². The lowest BCUT2D eigenvalue weighted by molar-refractivity contribution is -0.119. The second kappa shape index (κ2) is 8.88. The number of amides is 1. The van der Waals surface area contributed by atoms with E-state index in [-0.39, 0.29) is 23.2 Å². The molecular formula is C23H27N5O4. The van der Waals surface area contributed by atoms with Crippen LogP contribution in [0.2, 0.25) is 0 Å². The number of rotatable bonds is 6. The first-order valence-electron chi connectivity index (χ1n) is 10.6. The molecule has 9 heteroatoms. The number of aromatic nitrogens is 3. The van der Waals surface area contributed by atoms with Gasteiger partial charge in [0, 0.05) is 38.8 Å². The minimum atomic E-state index is -0.420. The molecule has 9 nitrogen and oxygen atoms in total. The van der Waals surface area contributed by atoms with Gasteiger partial charge < -0.3 is 15.1 Å². The van der Waals surface area contributed by atoms with E-state index in [1.54, 1.807) is 11.0 Å². The standard InChI is InChI=1S/C23H27N5O4/c1-15(2)18-11-19(21(31)12-20(18)30)22-24-25-23(32)28(22)17-5-3-16(4-6-17)13-26-7-9-27(14-29)10-8-26/h3-6,11-12,14-15,30-31H,7-10,13H2,1-2H3,(H,25,32). The van der Waals surface area contributed by atoms with Gasteiger partial charge in [-0.1, -0.05) is 26.0 Å². The van der Waals surface area contributed by atoms with Gasteiger partial charge in [0.15, 0.2) is 5.82 Å². The Kier molecular flexibility index (Phi) is 6.00. The summed E-state index contributed by atoms with van der Waals surface area (Å²) < 4.78 is 1.41. The third-order valence-corrected chi connectivity index (χ3v) is 5.84. The number of H-pyrrole nitrogens is 1. The quantitative estimate of drug-likeness (QED) is 0.509. The Hall–Kier alpha value is -3.59. The fourth-order valence-corrected chi connectivity index (χ4v) is 3.99. The number of piperazine rings is 1. The van der Waals surface area contributed by atoms with E-state index in [0.717, 1.165) is 44.7 Å². The molecule has 1 saturated heterocycles. The molecule has 168 valence electrons. The van der Waals surface area contributed by atoms with Crippen molar-refractivity contribution in [1.82, 2.24) is 24.6 Å². The van der Waals surface area contributed by atoms with E-state index in [1.165, 1.54) is 10.6 Å². The van der Waals surface area contributed by atoms with Gasteiger partial charge >= 0.3 is 5.69 Å². The van der Waals surface area contributed by atoms with Crippen molar-refractivity contribution in [2.75, 3.05) is 26.2 Å². The van der Waals surface area contributed by atoms with Crippen LogP contribution in [0.4, 0.5) is 0 Å². The lowest BCUT2D eigenvalue weighted by atomic mass is 9.98. The molecule has 1 aromatic heterocycles. The summed E-state index contributed by atoms with van der Waals surface area (Å²) in [4.78, 5) is 27.5. The summed E-state index contributed by atoms with van der Waals surface area (Å²) in [6, 6.07) is 10.6. The average molecular weight is 438 g/mol. The fourth-order valence-electron chi connectivity index (χ4n) is 3.99. The summed E-state index contributed by atoms with van der Waals surface area (Å²) in [7, 11) is 0. The molecule has 3 aromatic rings. The average Bonchev–Trinajstić information content (AvgIpc) is 3.15. The molecule has 0 spiro atoms. The Bertz CT molecular complexity index is 1160. The van der Waals surface area contributed by atoms with Crippen molar-refractivity contribution >= 4 is 6.41 Å². The van der Waals surface area contributed by atoms with E-state index >= 15 is 0 Å². The molecule has 1 aliphatic heterocycles. The highest BCUT2D eigenvalue weighted by Gasteiger charge is 2.20. The summed E-state index contributed by atoms with van der Waals surface area (Å²) in [5.74, 6) is 0.149. The first-order valence-corrected chi connectivity index (χ1v) is 10.6. The van der Waals surface area contributed by atoms with E-state index in [2.05, 4.69) is 15.1 Å². The summed E-state index contributed by atoms with van der Waals surface area (Å²) in [6.07, 6.45) is 0.891. The molecule has 1 amide bonds. The van der Waals surface area contributed by atoms with Crippen LogP contribution in [0.15, 0.2) is 41.2 Å². The third-order valence-electron chi connectivity index (χ3n) is 5.84. The number of nitrogens with one attached hydrogen (secondary N) is 1. The van der Waals surface area contributed by atoms with Crippen LogP contribution in [0.5, 0.6) is 11.5 Å². The van der Waals surface area contributed by atoms with Gasteiger partial charge in [-0.2, -0.15) is 5.10 Å². The predicted octanol–water partition coefficient (Wildman–Crippen LogP) is 2.04. The maximum atomic E-state index is 12.5. The fraction of sp³-hybridized carbons (Fsp3) is 0.348. The van der Waals surface area contributed by atoms with Crippen LogP contribution in [0, 0.1) is 0 Å². The molecule has 0 saturated carbocycles. The van der Waals surface area contributed by atoms with Gasteiger partial charge in [0.2, 0.25) is 6.41 Å². The first kappa shape index (κ1) is 21.6. The summed E-state index contributed by atoms with van der Waals surface area (Å²) in [5.41, 5.74) is 2.32. The minimum Gasteiger partial charge on any atom is -0.508 e. The van der Waals surface area contributed by atoms with Crippen molar-refractivity contribution in [3.63, 3.8) is 0 Å². The van der Waals surface area contributed by atoms with Gasteiger partial charge in [-0.3, -0.25) is 9.69 Å². The molecule has 0 unspecified atom stereocenters. The number of hydrogen-bond donors (Lipinski definition) is 3. The summed E-state index contributed by atoms with van der Waals surface area (Å²) >= 11 is 0. The van der Waals surface area contributed by atoms with E-state index in [0.29, 0.717) is 16.8 Å². The molecule has 32 heavy (non-hydrogen) atoms. The van der Waals surface area contributed by atoms with Crippen LogP contribution < -0.4 is 5.69 Å². The van der Waals surface area contributed by atoms with Crippen molar-refractivity contribution in [2.45, 2.75) is 26.3 Å². The number of aromatic amines is 1. The van der Waals surface area contributed by atoms with Crippen LogP contribution in [0.1, 0.15) is 30.9 Å². The molecule has 2 aromatic carbocycles. The second-order valence-electron chi connectivity index (χ2n) is 8.35. The Labute approximate surface area is 185 Å². The van der Waals surface area contributed by atoms with Gasteiger partial charge in [-0.25, -0.2) is 14.5 Å². The third kappa shape index (κ3) is 4.24. The Balaban J connectivity index is 1.61. The molecule has 0 bridgehead atoms. The number of hydrogen-bond acceptors (Lipinski definition) is 6. The number of phenols is 2. The van der Waals surface area contributed by atoms with Crippen LogP contribution in [0.3, 0.4) is 0 Å². The largest absolute Gasteiger partial charge is 0.508 e. The number of carbonyl (C=O) groups is 1. The zero-order chi connectivity index (χ0) is 22.8. The number of carbonyl (C=O) groups excluding carboxylic acids is 1. The molecule has 1 aliphatic rings. The van der Waals surface area contributed by atoms with Gasteiger partial charge in [0.1, 0.15) is 11.5 Å².